The molecule has 0 spiro atoms. The number of cyclic esters (lactones) is 1. The van der Waals surface area contributed by atoms with Crippen molar-refractivity contribution < 1.29 is 14.6 Å². The van der Waals surface area contributed by atoms with Gasteiger partial charge in [0.05, 0.1) is 12.6 Å². The SMILES string of the molecule is O=C1NC[C@H](CN2CCC[C@@H](O)C2)O1. The third-order valence-electron chi connectivity index (χ3n) is 2.69. The monoisotopic (exact) mass is 200 g/mol. The number of aliphatic hydroxyl groups excluding tert-OH is 1. The predicted molar refractivity (Wildman–Crippen MR) is 50.0 cm³/mol. The van der Waals surface area contributed by atoms with Gasteiger partial charge >= 0.3 is 6.09 Å². The lowest BCUT2D eigenvalue weighted by Crippen LogP contribution is -2.43. The average Bonchev–Trinajstić information content (AvgIpc) is 2.51. The Labute approximate surface area is 83.0 Å². The van der Waals surface area contributed by atoms with Gasteiger partial charge in [-0.2, -0.15) is 0 Å². The van der Waals surface area contributed by atoms with Gasteiger partial charge < -0.3 is 15.2 Å². The molecular formula is C9H16N2O3. The number of hydrogen-bond donors (Lipinski definition) is 2. The normalized spacial score (nSPS) is 33.9. The minimum absolute atomic E-state index is 0.0483. The zero-order valence-electron chi connectivity index (χ0n) is 8.11. The van der Waals surface area contributed by atoms with E-state index in [1.165, 1.54) is 0 Å². The minimum atomic E-state index is -0.326. The molecule has 2 aliphatic heterocycles. The van der Waals surface area contributed by atoms with E-state index in [0.717, 1.165) is 25.9 Å². The Hall–Kier alpha value is -0.810. The maximum Gasteiger partial charge on any atom is 0.407 e. The summed E-state index contributed by atoms with van der Waals surface area (Å²) in [5, 5.41) is 12.1. The molecule has 0 aromatic carbocycles. The van der Waals surface area contributed by atoms with Gasteiger partial charge in [-0.25, -0.2) is 4.79 Å². The van der Waals surface area contributed by atoms with E-state index >= 15 is 0 Å². The van der Waals surface area contributed by atoms with Gasteiger partial charge in [0.1, 0.15) is 6.10 Å². The number of likely N-dealkylation sites (tertiary alicyclic amines) is 1. The summed E-state index contributed by atoms with van der Waals surface area (Å²) >= 11 is 0. The summed E-state index contributed by atoms with van der Waals surface area (Å²) in [5.41, 5.74) is 0. The van der Waals surface area contributed by atoms with Gasteiger partial charge in [0, 0.05) is 13.1 Å². The molecule has 2 fully saturated rings. The first-order valence-corrected chi connectivity index (χ1v) is 5.09. The zero-order chi connectivity index (χ0) is 9.97. The minimum Gasteiger partial charge on any atom is -0.443 e. The number of nitrogens with zero attached hydrogens (tertiary/aromatic N) is 1. The molecule has 14 heavy (non-hydrogen) atoms. The van der Waals surface area contributed by atoms with Crippen molar-refractivity contribution in [2.24, 2.45) is 0 Å². The summed E-state index contributed by atoms with van der Waals surface area (Å²) in [4.78, 5) is 12.9. The van der Waals surface area contributed by atoms with E-state index in [2.05, 4.69) is 10.2 Å². The van der Waals surface area contributed by atoms with Crippen LogP contribution in [0.25, 0.3) is 0 Å². The molecule has 2 N–H and O–H groups in total. The fraction of sp³-hybridized carbons (Fsp3) is 0.889. The standard InChI is InChI=1S/C9H16N2O3/c12-7-2-1-3-11(5-7)6-8-4-10-9(13)14-8/h7-8,12H,1-6H2,(H,10,13)/t7-,8-/m1/s1. The van der Waals surface area contributed by atoms with E-state index in [1.54, 1.807) is 0 Å². The van der Waals surface area contributed by atoms with Gasteiger partial charge in [0.15, 0.2) is 0 Å². The lowest BCUT2D eigenvalue weighted by atomic mass is 10.1. The summed E-state index contributed by atoms with van der Waals surface area (Å²) in [5.74, 6) is 0. The first-order valence-electron chi connectivity index (χ1n) is 5.09. The molecule has 2 saturated heterocycles. The molecule has 1 amide bonds. The largest absolute Gasteiger partial charge is 0.443 e. The average molecular weight is 200 g/mol. The number of aliphatic hydroxyl groups is 1. The molecule has 0 aromatic rings. The number of ether oxygens (including phenoxy) is 1. The van der Waals surface area contributed by atoms with Crippen LogP contribution >= 0.6 is 0 Å². The van der Waals surface area contributed by atoms with E-state index in [1.807, 2.05) is 0 Å². The van der Waals surface area contributed by atoms with Crippen LogP contribution in [-0.2, 0) is 4.74 Å². The Morgan fingerprint density at radius 1 is 1.64 bits per heavy atom. The number of amides is 1. The van der Waals surface area contributed by atoms with Gasteiger partial charge in [0.2, 0.25) is 0 Å². The van der Waals surface area contributed by atoms with E-state index in [4.69, 9.17) is 4.74 Å². The molecule has 2 aliphatic rings. The first kappa shape index (κ1) is 9.73. The summed E-state index contributed by atoms with van der Waals surface area (Å²) in [6.45, 7) is 3.01. The molecule has 0 aromatic heterocycles. The van der Waals surface area contributed by atoms with Crippen LogP contribution in [0, 0.1) is 0 Å². The fourth-order valence-corrected chi connectivity index (χ4v) is 2.02. The van der Waals surface area contributed by atoms with E-state index in [-0.39, 0.29) is 18.3 Å². The van der Waals surface area contributed by atoms with Gasteiger partial charge in [-0.15, -0.1) is 0 Å². The Balaban J connectivity index is 1.76. The second-order valence-corrected chi connectivity index (χ2v) is 3.96. The highest BCUT2D eigenvalue weighted by Crippen LogP contribution is 2.11. The number of carbonyl (C=O) groups is 1. The van der Waals surface area contributed by atoms with Crippen LogP contribution in [0.5, 0.6) is 0 Å². The fourth-order valence-electron chi connectivity index (χ4n) is 2.02. The molecular weight excluding hydrogens is 184 g/mol. The van der Waals surface area contributed by atoms with Crippen LogP contribution < -0.4 is 5.32 Å². The van der Waals surface area contributed by atoms with Crippen molar-refractivity contribution in [1.29, 1.82) is 0 Å². The van der Waals surface area contributed by atoms with Crippen molar-refractivity contribution in [1.82, 2.24) is 10.2 Å². The number of carbonyl (C=O) groups excluding carboxylic acids is 1. The summed E-state index contributed by atoms with van der Waals surface area (Å²) in [6.07, 6.45) is 1.32. The van der Waals surface area contributed by atoms with Crippen LogP contribution in [-0.4, -0.2) is 54.5 Å². The van der Waals surface area contributed by atoms with Crippen LogP contribution in [0.4, 0.5) is 4.79 Å². The molecule has 0 saturated carbocycles. The molecule has 5 nitrogen and oxygen atoms in total. The van der Waals surface area contributed by atoms with E-state index < -0.39 is 0 Å². The molecule has 2 heterocycles. The molecule has 0 bridgehead atoms. The third kappa shape index (κ3) is 2.36. The number of nitrogens with one attached hydrogen (secondary N) is 1. The van der Waals surface area contributed by atoms with Crippen molar-refractivity contribution in [2.45, 2.75) is 25.0 Å². The highest BCUT2D eigenvalue weighted by molar-refractivity contribution is 5.69. The molecule has 2 rings (SSSR count). The van der Waals surface area contributed by atoms with Gasteiger partial charge in [-0.3, -0.25) is 4.90 Å². The number of hydrogen-bond acceptors (Lipinski definition) is 4. The first-order chi connectivity index (χ1) is 6.74. The van der Waals surface area contributed by atoms with Crippen LogP contribution in [0.15, 0.2) is 0 Å². The van der Waals surface area contributed by atoms with Gasteiger partial charge in [0.25, 0.3) is 0 Å². The van der Waals surface area contributed by atoms with Gasteiger partial charge in [-0.1, -0.05) is 0 Å². The molecule has 0 unspecified atom stereocenters. The zero-order valence-corrected chi connectivity index (χ0v) is 8.11. The number of β-amino-alcohol motifs (C(OH)–C–C–N with tert-alkyl or cyclic N) is 1. The topological polar surface area (TPSA) is 61.8 Å². The molecule has 0 aliphatic carbocycles. The van der Waals surface area contributed by atoms with Crippen LogP contribution in [0.2, 0.25) is 0 Å². The second-order valence-electron chi connectivity index (χ2n) is 3.96. The Bertz CT molecular complexity index is 222. The number of rotatable bonds is 2. The quantitative estimate of drug-likeness (QED) is 0.634. The highest BCUT2D eigenvalue weighted by atomic mass is 16.6. The van der Waals surface area contributed by atoms with Crippen LogP contribution in [0.3, 0.4) is 0 Å². The smallest absolute Gasteiger partial charge is 0.407 e. The van der Waals surface area contributed by atoms with Crippen molar-refractivity contribution in [3.8, 4) is 0 Å². The Morgan fingerprint density at radius 2 is 2.50 bits per heavy atom. The summed E-state index contributed by atoms with van der Waals surface area (Å²) in [6, 6.07) is 0. The van der Waals surface area contributed by atoms with Gasteiger partial charge in [-0.05, 0) is 19.4 Å². The maximum atomic E-state index is 10.8. The Kier molecular flexibility index (Phi) is 2.88. The van der Waals surface area contributed by atoms with Crippen LogP contribution in [0.1, 0.15) is 12.8 Å². The molecule has 80 valence electrons. The highest BCUT2D eigenvalue weighted by Gasteiger charge is 2.26. The molecule has 2 atom stereocenters. The predicted octanol–water partition coefficient (Wildman–Crippen LogP) is -0.449. The van der Waals surface area contributed by atoms with Crippen molar-refractivity contribution in [2.75, 3.05) is 26.2 Å². The number of alkyl carbamates (subject to hydrolysis) is 1. The third-order valence-corrected chi connectivity index (χ3v) is 2.69. The van der Waals surface area contributed by atoms with Crippen molar-refractivity contribution in [3.05, 3.63) is 0 Å². The second kappa shape index (κ2) is 4.14. The molecule has 0 radical (unpaired) electrons. The number of piperidine rings is 1. The lowest BCUT2D eigenvalue weighted by molar-refractivity contribution is 0.0443. The Morgan fingerprint density at radius 3 is 3.14 bits per heavy atom. The summed E-state index contributed by atoms with van der Waals surface area (Å²) in [7, 11) is 0. The maximum absolute atomic E-state index is 10.8. The van der Waals surface area contributed by atoms with Crippen molar-refractivity contribution in [3.63, 3.8) is 0 Å². The van der Waals surface area contributed by atoms with E-state index in [0.29, 0.717) is 13.1 Å². The van der Waals surface area contributed by atoms with E-state index in [9.17, 15) is 9.90 Å². The molecule has 5 heteroatoms. The van der Waals surface area contributed by atoms with Crippen molar-refractivity contribution >= 4 is 6.09 Å². The summed E-state index contributed by atoms with van der Waals surface area (Å²) < 4.78 is 5.03. The lowest BCUT2D eigenvalue weighted by Gasteiger charge is -2.30.